The summed E-state index contributed by atoms with van der Waals surface area (Å²) in [5.41, 5.74) is 6.51. The Morgan fingerprint density at radius 2 is 1.50 bits per heavy atom. The van der Waals surface area contributed by atoms with Crippen molar-refractivity contribution in [2.45, 2.75) is 64.5 Å². The molecule has 1 heterocycles. The SMILES string of the molecule is CCOc1cc(C2C3=C(CCCC3=O)N(Cc3ccccc3)C3=C2C(=O)CCC3)cc(Br)c1OCc1ccccc1Cl. The summed E-state index contributed by atoms with van der Waals surface area (Å²) in [6, 6.07) is 21.8. The summed E-state index contributed by atoms with van der Waals surface area (Å²) in [4.78, 5) is 29.8. The summed E-state index contributed by atoms with van der Waals surface area (Å²) in [5.74, 6) is 0.942. The lowest BCUT2D eigenvalue weighted by Crippen LogP contribution is -2.38. The minimum atomic E-state index is -0.434. The van der Waals surface area contributed by atoms with Crippen LogP contribution >= 0.6 is 27.5 Å². The lowest BCUT2D eigenvalue weighted by molar-refractivity contribution is -0.117. The van der Waals surface area contributed by atoms with E-state index in [1.807, 2.05) is 61.5 Å². The molecule has 6 rings (SSSR count). The first kappa shape index (κ1) is 28.8. The van der Waals surface area contributed by atoms with E-state index in [0.29, 0.717) is 47.0 Å². The van der Waals surface area contributed by atoms with Gasteiger partial charge in [-0.2, -0.15) is 0 Å². The molecule has 42 heavy (non-hydrogen) atoms. The van der Waals surface area contributed by atoms with Crippen molar-refractivity contribution in [3.8, 4) is 11.5 Å². The molecule has 5 nitrogen and oxygen atoms in total. The molecule has 0 N–H and O–H groups in total. The van der Waals surface area contributed by atoms with Gasteiger partial charge in [0.05, 0.1) is 11.1 Å². The van der Waals surface area contributed by atoms with Gasteiger partial charge < -0.3 is 14.4 Å². The largest absolute Gasteiger partial charge is 0.490 e. The summed E-state index contributed by atoms with van der Waals surface area (Å²) in [5, 5.41) is 0.635. The zero-order chi connectivity index (χ0) is 29.2. The monoisotopic (exact) mass is 645 g/mol. The number of Topliss-reactive ketones (excluding diaryl/α,β-unsaturated/α-hetero) is 2. The van der Waals surface area contributed by atoms with Gasteiger partial charge in [0.2, 0.25) is 0 Å². The highest BCUT2D eigenvalue weighted by atomic mass is 79.9. The predicted octanol–water partition coefficient (Wildman–Crippen LogP) is 8.69. The number of halogens is 2. The maximum Gasteiger partial charge on any atom is 0.175 e. The Balaban J connectivity index is 1.46. The molecular formula is C35H33BrClNO4. The quantitative estimate of drug-likeness (QED) is 0.245. The average Bonchev–Trinajstić information content (AvgIpc) is 2.99. The van der Waals surface area contributed by atoms with Gasteiger partial charge in [0, 0.05) is 58.4 Å². The smallest absolute Gasteiger partial charge is 0.175 e. The van der Waals surface area contributed by atoms with Gasteiger partial charge in [-0.05, 0) is 77.9 Å². The first-order chi connectivity index (χ1) is 20.5. The van der Waals surface area contributed by atoms with Crippen LogP contribution in [-0.4, -0.2) is 23.1 Å². The molecule has 0 aromatic heterocycles. The fraction of sp³-hybridized carbons (Fsp3) is 0.314. The standard InChI is InChI=1S/C35H33BrClNO4/c1-2-41-31-19-24(18-25(36)35(31)42-21-23-12-6-7-13-26(23)37)32-33-27(14-8-16-29(33)39)38(20-22-10-4-3-5-11-22)28-15-9-17-30(40)34(28)32/h3-7,10-13,18-19,32H,2,8-9,14-17,20-21H2,1H3. The first-order valence-corrected chi connectivity index (χ1v) is 15.8. The molecule has 0 fully saturated rings. The van der Waals surface area contributed by atoms with E-state index < -0.39 is 5.92 Å². The molecule has 3 aromatic rings. The third-order valence-electron chi connectivity index (χ3n) is 8.26. The van der Waals surface area contributed by atoms with Crippen LogP contribution in [0.25, 0.3) is 0 Å². The summed E-state index contributed by atoms with van der Waals surface area (Å²) in [6.45, 7) is 3.29. The number of ketones is 2. The fourth-order valence-corrected chi connectivity index (χ4v) is 7.19. The predicted molar refractivity (Wildman–Crippen MR) is 168 cm³/mol. The van der Waals surface area contributed by atoms with Crippen LogP contribution in [0.1, 0.15) is 68.1 Å². The second-order valence-corrected chi connectivity index (χ2v) is 12.2. The van der Waals surface area contributed by atoms with E-state index in [-0.39, 0.29) is 18.2 Å². The molecule has 3 aromatic carbocycles. The Bertz CT molecular complexity index is 1550. The average molecular weight is 647 g/mol. The Morgan fingerprint density at radius 1 is 0.857 bits per heavy atom. The van der Waals surface area contributed by atoms with E-state index in [1.54, 1.807) is 0 Å². The normalized spacial score (nSPS) is 17.4. The second-order valence-electron chi connectivity index (χ2n) is 10.9. The van der Waals surface area contributed by atoms with Crippen molar-refractivity contribution < 1.29 is 19.1 Å². The van der Waals surface area contributed by atoms with Crippen LogP contribution < -0.4 is 9.47 Å². The molecule has 7 heteroatoms. The topological polar surface area (TPSA) is 55.8 Å². The van der Waals surface area contributed by atoms with Crippen LogP contribution in [0, 0.1) is 0 Å². The second kappa shape index (κ2) is 12.5. The molecule has 3 aliphatic rings. The number of rotatable bonds is 8. The zero-order valence-electron chi connectivity index (χ0n) is 23.6. The number of carbonyl (C=O) groups excluding carboxylic acids is 2. The number of nitrogens with zero attached hydrogens (tertiary/aromatic N) is 1. The molecule has 0 radical (unpaired) electrons. The van der Waals surface area contributed by atoms with Crippen LogP contribution in [0.3, 0.4) is 0 Å². The molecule has 0 spiro atoms. The van der Waals surface area contributed by atoms with E-state index >= 15 is 0 Å². The molecule has 0 bridgehead atoms. The molecule has 0 amide bonds. The molecule has 0 atom stereocenters. The van der Waals surface area contributed by atoms with Crippen molar-refractivity contribution in [3.63, 3.8) is 0 Å². The number of benzene rings is 3. The Hall–Kier alpha value is -3.35. The Morgan fingerprint density at radius 3 is 2.14 bits per heavy atom. The van der Waals surface area contributed by atoms with E-state index in [9.17, 15) is 9.59 Å². The molecule has 0 saturated heterocycles. The van der Waals surface area contributed by atoms with Crippen LogP contribution in [0.2, 0.25) is 5.02 Å². The molecule has 2 aliphatic carbocycles. The van der Waals surface area contributed by atoms with Crippen molar-refractivity contribution >= 4 is 39.1 Å². The van der Waals surface area contributed by atoms with Crippen molar-refractivity contribution in [3.05, 3.63) is 115 Å². The van der Waals surface area contributed by atoms with Gasteiger partial charge in [-0.3, -0.25) is 9.59 Å². The van der Waals surface area contributed by atoms with Crippen molar-refractivity contribution in [1.29, 1.82) is 0 Å². The first-order valence-electron chi connectivity index (χ1n) is 14.6. The van der Waals surface area contributed by atoms with Gasteiger partial charge >= 0.3 is 0 Å². The van der Waals surface area contributed by atoms with Gasteiger partial charge in [0.1, 0.15) is 6.61 Å². The third-order valence-corrected chi connectivity index (χ3v) is 9.22. The lowest BCUT2D eigenvalue weighted by Gasteiger charge is -2.44. The van der Waals surface area contributed by atoms with Gasteiger partial charge in [-0.25, -0.2) is 0 Å². The molecular weight excluding hydrogens is 614 g/mol. The maximum atomic E-state index is 13.7. The highest BCUT2D eigenvalue weighted by molar-refractivity contribution is 9.10. The number of allylic oxidation sites excluding steroid dienone is 4. The Kier molecular flexibility index (Phi) is 8.55. The summed E-state index contributed by atoms with van der Waals surface area (Å²) < 4.78 is 13.0. The minimum Gasteiger partial charge on any atom is -0.490 e. The van der Waals surface area contributed by atoms with E-state index in [0.717, 1.165) is 64.9 Å². The summed E-state index contributed by atoms with van der Waals surface area (Å²) in [7, 11) is 0. The number of ether oxygens (including phenoxy) is 2. The molecule has 1 aliphatic heterocycles. The van der Waals surface area contributed by atoms with Crippen LogP contribution in [0.4, 0.5) is 0 Å². The summed E-state index contributed by atoms with van der Waals surface area (Å²) in [6.07, 6.45) is 4.24. The zero-order valence-corrected chi connectivity index (χ0v) is 26.0. The number of hydrogen-bond donors (Lipinski definition) is 0. The van der Waals surface area contributed by atoms with Gasteiger partial charge in [0.25, 0.3) is 0 Å². The maximum absolute atomic E-state index is 13.7. The molecule has 0 saturated carbocycles. The number of hydrogen-bond acceptors (Lipinski definition) is 5. The Labute approximate surface area is 260 Å². The van der Waals surface area contributed by atoms with Gasteiger partial charge in [-0.1, -0.05) is 60.1 Å². The summed E-state index contributed by atoms with van der Waals surface area (Å²) >= 11 is 10.1. The fourth-order valence-electron chi connectivity index (χ4n) is 6.43. The van der Waals surface area contributed by atoms with Crippen molar-refractivity contribution in [2.24, 2.45) is 0 Å². The van der Waals surface area contributed by atoms with Gasteiger partial charge in [0.15, 0.2) is 23.1 Å². The van der Waals surface area contributed by atoms with E-state index in [1.165, 1.54) is 0 Å². The van der Waals surface area contributed by atoms with Crippen molar-refractivity contribution in [1.82, 2.24) is 4.90 Å². The van der Waals surface area contributed by atoms with Crippen LogP contribution in [-0.2, 0) is 22.7 Å². The lowest BCUT2D eigenvalue weighted by atomic mass is 9.71. The van der Waals surface area contributed by atoms with Crippen LogP contribution in [0.5, 0.6) is 11.5 Å². The van der Waals surface area contributed by atoms with E-state index in [2.05, 4.69) is 33.0 Å². The molecule has 216 valence electrons. The minimum absolute atomic E-state index is 0.123. The van der Waals surface area contributed by atoms with Crippen LogP contribution in [0.15, 0.2) is 93.7 Å². The van der Waals surface area contributed by atoms with Gasteiger partial charge in [-0.15, -0.1) is 0 Å². The number of carbonyl (C=O) groups is 2. The highest BCUT2D eigenvalue weighted by Gasteiger charge is 2.43. The van der Waals surface area contributed by atoms with Crippen molar-refractivity contribution in [2.75, 3.05) is 6.61 Å². The molecule has 0 unspecified atom stereocenters. The highest BCUT2D eigenvalue weighted by Crippen LogP contribution is 2.51. The van der Waals surface area contributed by atoms with E-state index in [4.69, 9.17) is 21.1 Å². The third kappa shape index (κ3) is 5.55.